The molecule has 138 valence electrons. The van der Waals surface area contributed by atoms with Crippen LogP contribution >= 0.6 is 0 Å². The smallest absolute Gasteiger partial charge is 0.328 e. The topological polar surface area (TPSA) is 104 Å². The van der Waals surface area contributed by atoms with Crippen LogP contribution in [0.15, 0.2) is 28.2 Å². The van der Waals surface area contributed by atoms with Gasteiger partial charge < -0.3 is 14.8 Å². The lowest BCUT2D eigenvalue weighted by Gasteiger charge is -2.35. The van der Waals surface area contributed by atoms with Crippen molar-refractivity contribution < 1.29 is 4.79 Å². The van der Waals surface area contributed by atoms with E-state index in [4.69, 9.17) is 0 Å². The molecule has 1 amide bonds. The van der Waals surface area contributed by atoms with Crippen molar-refractivity contribution in [3.05, 3.63) is 50.7 Å². The van der Waals surface area contributed by atoms with E-state index in [0.29, 0.717) is 31.7 Å². The number of hydrogen-bond acceptors (Lipinski definition) is 6. The molecule has 26 heavy (non-hydrogen) atoms. The average molecular weight is 358 g/mol. The maximum absolute atomic E-state index is 12.5. The van der Waals surface area contributed by atoms with E-state index < -0.39 is 11.2 Å². The standard InChI is InChI=1S/C17H22N6O3/c1-3-13-9-14(20-11-19-13)22-4-6-23(7-5-22)15(24)8-12-10-18-17(26)21(2)16(12)25/h9-11H,3-8H2,1-2H3,(H,18,26). The van der Waals surface area contributed by atoms with Crippen LogP contribution in [0.1, 0.15) is 18.2 Å². The van der Waals surface area contributed by atoms with Crippen LogP contribution in [0.25, 0.3) is 0 Å². The zero-order valence-electron chi connectivity index (χ0n) is 14.9. The predicted octanol–water partition coefficient (Wildman–Crippen LogP) is -0.683. The van der Waals surface area contributed by atoms with Crippen molar-refractivity contribution in [1.29, 1.82) is 0 Å². The first-order valence-corrected chi connectivity index (χ1v) is 8.61. The van der Waals surface area contributed by atoms with Gasteiger partial charge in [0.15, 0.2) is 0 Å². The van der Waals surface area contributed by atoms with Gasteiger partial charge in [-0.05, 0) is 6.42 Å². The van der Waals surface area contributed by atoms with E-state index in [1.54, 1.807) is 11.2 Å². The third-order valence-corrected chi connectivity index (χ3v) is 4.62. The first kappa shape index (κ1) is 17.8. The summed E-state index contributed by atoms with van der Waals surface area (Å²) in [5.74, 6) is 0.754. The summed E-state index contributed by atoms with van der Waals surface area (Å²) in [5, 5.41) is 0. The van der Waals surface area contributed by atoms with Gasteiger partial charge >= 0.3 is 5.69 Å². The summed E-state index contributed by atoms with van der Waals surface area (Å²) in [4.78, 5) is 50.8. The highest BCUT2D eigenvalue weighted by Crippen LogP contribution is 2.14. The minimum absolute atomic E-state index is 0.0169. The van der Waals surface area contributed by atoms with Crippen LogP contribution < -0.4 is 16.1 Å². The number of H-pyrrole nitrogens is 1. The first-order chi connectivity index (χ1) is 12.5. The molecule has 0 bridgehead atoms. The molecule has 9 heteroatoms. The molecular weight excluding hydrogens is 336 g/mol. The molecule has 1 fully saturated rings. The number of aryl methyl sites for hydroxylation is 1. The molecule has 0 radical (unpaired) electrons. The van der Waals surface area contributed by atoms with Crippen molar-refractivity contribution in [2.75, 3.05) is 31.1 Å². The van der Waals surface area contributed by atoms with E-state index in [2.05, 4.69) is 19.9 Å². The number of aromatic amines is 1. The molecule has 0 spiro atoms. The summed E-state index contributed by atoms with van der Waals surface area (Å²) in [6.07, 6.45) is 3.72. The molecule has 3 heterocycles. The SMILES string of the molecule is CCc1cc(N2CCN(C(=O)Cc3c[nH]c(=O)n(C)c3=O)CC2)ncn1. The molecule has 3 rings (SSSR count). The number of carbonyl (C=O) groups is 1. The van der Waals surface area contributed by atoms with Crippen LogP contribution in [0.4, 0.5) is 5.82 Å². The number of nitrogens with zero attached hydrogens (tertiary/aromatic N) is 5. The monoisotopic (exact) mass is 358 g/mol. The molecule has 0 aliphatic carbocycles. The van der Waals surface area contributed by atoms with Crippen LogP contribution in [-0.2, 0) is 24.7 Å². The van der Waals surface area contributed by atoms with Crippen molar-refractivity contribution in [2.24, 2.45) is 7.05 Å². The van der Waals surface area contributed by atoms with E-state index in [-0.39, 0.29) is 12.3 Å². The van der Waals surface area contributed by atoms with Crippen LogP contribution in [0, 0.1) is 0 Å². The Labute approximate surface area is 150 Å². The van der Waals surface area contributed by atoms with Crippen molar-refractivity contribution in [1.82, 2.24) is 24.4 Å². The lowest BCUT2D eigenvalue weighted by atomic mass is 10.2. The van der Waals surface area contributed by atoms with Gasteiger partial charge in [-0.25, -0.2) is 14.8 Å². The van der Waals surface area contributed by atoms with E-state index in [0.717, 1.165) is 22.5 Å². The molecular formula is C17H22N6O3. The number of piperazine rings is 1. The quantitative estimate of drug-likeness (QED) is 0.776. The zero-order valence-corrected chi connectivity index (χ0v) is 14.9. The van der Waals surface area contributed by atoms with Crippen LogP contribution in [0.2, 0.25) is 0 Å². The zero-order chi connectivity index (χ0) is 18.7. The molecule has 1 aliphatic heterocycles. The fraction of sp³-hybridized carbons (Fsp3) is 0.471. The second-order valence-corrected chi connectivity index (χ2v) is 6.25. The minimum Gasteiger partial charge on any atom is -0.353 e. The number of aromatic nitrogens is 4. The molecule has 0 saturated carbocycles. The van der Waals surface area contributed by atoms with Gasteiger partial charge in [0, 0.05) is 56.7 Å². The maximum Gasteiger partial charge on any atom is 0.328 e. The van der Waals surface area contributed by atoms with E-state index >= 15 is 0 Å². The maximum atomic E-state index is 12.5. The third-order valence-electron chi connectivity index (χ3n) is 4.62. The predicted molar refractivity (Wildman–Crippen MR) is 96.2 cm³/mol. The van der Waals surface area contributed by atoms with E-state index in [1.807, 2.05) is 13.0 Å². The highest BCUT2D eigenvalue weighted by molar-refractivity contribution is 5.78. The Morgan fingerprint density at radius 2 is 1.92 bits per heavy atom. The lowest BCUT2D eigenvalue weighted by Crippen LogP contribution is -2.50. The molecule has 1 aliphatic rings. The van der Waals surface area contributed by atoms with Gasteiger partial charge in [0.2, 0.25) is 5.91 Å². The third kappa shape index (κ3) is 3.66. The van der Waals surface area contributed by atoms with Crippen molar-refractivity contribution >= 4 is 11.7 Å². The number of anilines is 1. The fourth-order valence-corrected chi connectivity index (χ4v) is 2.95. The van der Waals surface area contributed by atoms with Crippen molar-refractivity contribution in [3.63, 3.8) is 0 Å². The van der Waals surface area contributed by atoms with Gasteiger partial charge in [0.1, 0.15) is 12.1 Å². The van der Waals surface area contributed by atoms with E-state index in [1.165, 1.54) is 13.2 Å². The van der Waals surface area contributed by atoms with Crippen LogP contribution in [-0.4, -0.2) is 56.5 Å². The van der Waals surface area contributed by atoms with Crippen LogP contribution in [0.3, 0.4) is 0 Å². The minimum atomic E-state index is -0.490. The van der Waals surface area contributed by atoms with Gasteiger partial charge in [-0.2, -0.15) is 0 Å². The average Bonchev–Trinajstić information content (AvgIpc) is 2.68. The highest BCUT2D eigenvalue weighted by Gasteiger charge is 2.23. The Morgan fingerprint density at radius 3 is 2.62 bits per heavy atom. The van der Waals surface area contributed by atoms with Gasteiger partial charge in [-0.1, -0.05) is 6.92 Å². The molecule has 1 saturated heterocycles. The summed E-state index contributed by atoms with van der Waals surface area (Å²) in [7, 11) is 1.39. The summed E-state index contributed by atoms with van der Waals surface area (Å²) in [5.41, 5.74) is 0.357. The molecule has 1 N–H and O–H groups in total. The fourth-order valence-electron chi connectivity index (χ4n) is 2.95. The molecule has 0 aromatic carbocycles. The van der Waals surface area contributed by atoms with Gasteiger partial charge in [0.25, 0.3) is 5.56 Å². The summed E-state index contributed by atoms with van der Waals surface area (Å²) in [6.45, 7) is 4.52. The second kappa shape index (κ2) is 7.51. The van der Waals surface area contributed by atoms with Crippen LogP contribution in [0.5, 0.6) is 0 Å². The summed E-state index contributed by atoms with van der Waals surface area (Å²) < 4.78 is 0.973. The number of carbonyl (C=O) groups excluding carboxylic acids is 1. The van der Waals surface area contributed by atoms with E-state index in [9.17, 15) is 14.4 Å². The number of hydrogen-bond donors (Lipinski definition) is 1. The molecule has 2 aromatic rings. The van der Waals surface area contributed by atoms with Gasteiger partial charge in [-0.15, -0.1) is 0 Å². The normalized spacial score (nSPS) is 14.5. The Morgan fingerprint density at radius 1 is 1.19 bits per heavy atom. The Bertz CT molecular complexity index is 911. The van der Waals surface area contributed by atoms with Crippen molar-refractivity contribution in [2.45, 2.75) is 19.8 Å². The largest absolute Gasteiger partial charge is 0.353 e. The Balaban J connectivity index is 1.63. The number of amides is 1. The summed E-state index contributed by atoms with van der Waals surface area (Å²) in [6, 6.07) is 1.97. The molecule has 0 unspecified atom stereocenters. The Hall–Kier alpha value is -2.97. The number of rotatable bonds is 4. The molecule has 2 aromatic heterocycles. The Kier molecular flexibility index (Phi) is 5.15. The number of nitrogens with one attached hydrogen (secondary N) is 1. The second-order valence-electron chi connectivity index (χ2n) is 6.25. The van der Waals surface area contributed by atoms with Gasteiger partial charge in [-0.3, -0.25) is 14.2 Å². The first-order valence-electron chi connectivity index (χ1n) is 8.61. The lowest BCUT2D eigenvalue weighted by molar-refractivity contribution is -0.130. The molecule has 9 nitrogen and oxygen atoms in total. The van der Waals surface area contributed by atoms with Crippen molar-refractivity contribution in [3.8, 4) is 0 Å². The molecule has 0 atom stereocenters. The van der Waals surface area contributed by atoms with Gasteiger partial charge in [0.05, 0.1) is 6.42 Å². The summed E-state index contributed by atoms with van der Waals surface area (Å²) >= 11 is 0. The highest BCUT2D eigenvalue weighted by atomic mass is 16.2.